The zero-order valence-corrected chi connectivity index (χ0v) is 9.32. The van der Waals surface area contributed by atoms with Crippen LogP contribution in [0.2, 0.25) is 0 Å². The Hall–Kier alpha value is -2.70. The van der Waals surface area contributed by atoms with Gasteiger partial charge in [0.2, 0.25) is 0 Å². The first-order valence-electron chi connectivity index (χ1n) is 4.91. The molecule has 0 radical (unpaired) electrons. The average molecular weight is 248 g/mol. The number of imide groups is 1. The molecule has 7 nitrogen and oxygen atoms in total. The third-order valence-corrected chi connectivity index (χ3v) is 2.20. The predicted octanol–water partition coefficient (Wildman–Crippen LogP) is 0.373. The van der Waals surface area contributed by atoms with E-state index in [2.05, 4.69) is 14.8 Å². The molecule has 2 rings (SSSR count). The molecule has 18 heavy (non-hydrogen) atoms. The van der Waals surface area contributed by atoms with E-state index in [1.54, 1.807) is 12.1 Å². The van der Waals surface area contributed by atoms with Gasteiger partial charge in [0.25, 0.3) is 11.8 Å². The van der Waals surface area contributed by atoms with Gasteiger partial charge in [0.15, 0.2) is 6.21 Å². The van der Waals surface area contributed by atoms with E-state index >= 15 is 0 Å². The highest BCUT2D eigenvalue weighted by molar-refractivity contribution is 6.25. The van der Waals surface area contributed by atoms with Crippen molar-refractivity contribution in [2.24, 2.45) is 5.16 Å². The molecule has 0 atom stereocenters. The van der Waals surface area contributed by atoms with Crippen molar-refractivity contribution in [3.8, 4) is 0 Å². The monoisotopic (exact) mass is 248 g/mol. The molecule has 0 spiro atoms. The van der Waals surface area contributed by atoms with Crippen molar-refractivity contribution in [3.63, 3.8) is 0 Å². The van der Waals surface area contributed by atoms with Crippen LogP contribution in [0.25, 0.3) is 0 Å². The van der Waals surface area contributed by atoms with Crippen LogP contribution in [0.4, 0.5) is 0 Å². The molecule has 1 aromatic carbocycles. The summed E-state index contributed by atoms with van der Waals surface area (Å²) in [7, 11) is 1.24. The van der Waals surface area contributed by atoms with Gasteiger partial charge in [-0.3, -0.25) is 9.59 Å². The number of rotatable bonds is 3. The molecule has 0 fully saturated rings. The van der Waals surface area contributed by atoms with Gasteiger partial charge in [-0.15, -0.1) is 0 Å². The molecule has 0 bridgehead atoms. The molecule has 1 aliphatic heterocycles. The summed E-state index contributed by atoms with van der Waals surface area (Å²) < 4.78 is 0. The Morgan fingerprint density at radius 1 is 1.22 bits per heavy atom. The minimum atomic E-state index is -0.980. The Labute approximate surface area is 102 Å². The zero-order valence-electron chi connectivity index (χ0n) is 9.32. The number of amides is 2. The van der Waals surface area contributed by atoms with Gasteiger partial charge < -0.3 is 9.68 Å². The van der Waals surface area contributed by atoms with Crippen LogP contribution in [0.15, 0.2) is 29.4 Å². The van der Waals surface area contributed by atoms with E-state index < -0.39 is 17.8 Å². The summed E-state index contributed by atoms with van der Waals surface area (Å²) in [6.07, 6.45) is 0.712. The molecule has 0 aliphatic carbocycles. The lowest BCUT2D eigenvalue weighted by atomic mass is 10.1. The smallest absolute Gasteiger partial charge is 0.378 e. The van der Waals surface area contributed by atoms with Crippen LogP contribution in [0.1, 0.15) is 20.7 Å². The molecule has 1 heterocycles. The summed E-state index contributed by atoms with van der Waals surface area (Å²) in [5.74, 6) is -2.35. The first-order valence-corrected chi connectivity index (χ1v) is 4.91. The van der Waals surface area contributed by atoms with E-state index in [0.29, 0.717) is 11.3 Å². The third kappa shape index (κ3) is 1.93. The lowest BCUT2D eigenvalue weighted by Gasteiger charge is -2.10. The summed E-state index contributed by atoms with van der Waals surface area (Å²) in [5.41, 5.74) is 0.387. The van der Waals surface area contributed by atoms with Crippen LogP contribution in [-0.4, -0.2) is 36.2 Å². The Balaban J connectivity index is 2.19. The second-order valence-electron chi connectivity index (χ2n) is 3.28. The maximum atomic E-state index is 11.8. The Morgan fingerprint density at radius 2 is 1.78 bits per heavy atom. The number of oxime groups is 1. The first kappa shape index (κ1) is 11.8. The number of fused-ring (bicyclic) bond motifs is 1. The molecule has 0 saturated heterocycles. The van der Waals surface area contributed by atoms with Crippen LogP contribution < -0.4 is 0 Å². The quantitative estimate of drug-likeness (QED) is 0.438. The van der Waals surface area contributed by atoms with Gasteiger partial charge in [-0.2, -0.15) is 0 Å². The molecular formula is C11H8N2O5. The van der Waals surface area contributed by atoms with E-state index in [1.165, 1.54) is 19.2 Å². The molecule has 2 amide bonds. The van der Waals surface area contributed by atoms with E-state index in [9.17, 15) is 14.4 Å². The molecule has 0 aromatic heterocycles. The molecule has 0 N–H and O–H groups in total. The standard InChI is InChI=1S/C11H8N2O5/c1-17-12-6-9(14)18-13-10(15)7-4-2-3-5-8(7)11(13)16/h2-6H,1H3/b12-6+. The van der Waals surface area contributed by atoms with Gasteiger partial charge in [0.1, 0.15) is 7.11 Å². The highest BCUT2D eigenvalue weighted by Gasteiger charge is 2.38. The van der Waals surface area contributed by atoms with Crippen LogP contribution in [0.5, 0.6) is 0 Å². The number of benzene rings is 1. The van der Waals surface area contributed by atoms with Crippen LogP contribution in [0, 0.1) is 0 Å². The maximum absolute atomic E-state index is 11.8. The Morgan fingerprint density at radius 3 is 2.28 bits per heavy atom. The fourth-order valence-electron chi connectivity index (χ4n) is 1.46. The number of hydrogen-bond acceptors (Lipinski definition) is 6. The molecule has 0 saturated carbocycles. The largest absolute Gasteiger partial charge is 0.399 e. The van der Waals surface area contributed by atoms with Gasteiger partial charge in [-0.1, -0.05) is 22.4 Å². The number of hydroxylamine groups is 2. The topological polar surface area (TPSA) is 85.3 Å². The van der Waals surface area contributed by atoms with Crippen LogP contribution in [-0.2, 0) is 14.5 Å². The number of carbonyl (C=O) groups excluding carboxylic acids is 3. The Bertz CT molecular complexity index is 517. The fraction of sp³-hybridized carbons (Fsp3) is 0.0909. The average Bonchev–Trinajstić information content (AvgIpc) is 2.62. The van der Waals surface area contributed by atoms with E-state index in [4.69, 9.17) is 0 Å². The predicted molar refractivity (Wildman–Crippen MR) is 58.5 cm³/mol. The summed E-state index contributed by atoms with van der Waals surface area (Å²) >= 11 is 0. The van der Waals surface area contributed by atoms with E-state index in [-0.39, 0.29) is 11.1 Å². The minimum Gasteiger partial charge on any atom is -0.399 e. The van der Waals surface area contributed by atoms with Crippen LogP contribution >= 0.6 is 0 Å². The maximum Gasteiger partial charge on any atom is 0.378 e. The van der Waals surface area contributed by atoms with Crippen molar-refractivity contribution >= 4 is 24.0 Å². The van der Waals surface area contributed by atoms with Crippen molar-refractivity contribution < 1.29 is 24.1 Å². The van der Waals surface area contributed by atoms with E-state index in [1.807, 2.05) is 0 Å². The summed E-state index contributed by atoms with van der Waals surface area (Å²) in [4.78, 5) is 43.6. The van der Waals surface area contributed by atoms with Crippen molar-refractivity contribution in [2.75, 3.05) is 7.11 Å². The second kappa shape index (κ2) is 4.66. The fourth-order valence-corrected chi connectivity index (χ4v) is 1.46. The normalized spacial score (nSPS) is 13.9. The first-order chi connectivity index (χ1) is 8.65. The lowest BCUT2D eigenvalue weighted by molar-refractivity contribution is -0.159. The highest BCUT2D eigenvalue weighted by Crippen LogP contribution is 2.22. The van der Waals surface area contributed by atoms with Crippen LogP contribution in [0.3, 0.4) is 0 Å². The Kier molecular flexibility index (Phi) is 3.05. The summed E-state index contributed by atoms with van der Waals surface area (Å²) in [6.45, 7) is 0. The summed E-state index contributed by atoms with van der Waals surface area (Å²) in [6, 6.07) is 6.18. The SMILES string of the molecule is CO/N=C/C(=O)ON1C(=O)c2ccccc2C1=O. The molecule has 92 valence electrons. The molecular weight excluding hydrogens is 240 g/mol. The number of hydrogen-bond donors (Lipinski definition) is 0. The molecule has 0 unspecified atom stereocenters. The lowest BCUT2D eigenvalue weighted by Crippen LogP contribution is -2.33. The summed E-state index contributed by atoms with van der Waals surface area (Å²) in [5, 5.41) is 3.56. The van der Waals surface area contributed by atoms with Crippen molar-refractivity contribution in [1.29, 1.82) is 0 Å². The molecule has 7 heteroatoms. The third-order valence-electron chi connectivity index (χ3n) is 2.20. The zero-order chi connectivity index (χ0) is 13.1. The number of nitrogens with zero attached hydrogens (tertiary/aromatic N) is 2. The van der Waals surface area contributed by atoms with Crippen molar-refractivity contribution in [2.45, 2.75) is 0 Å². The van der Waals surface area contributed by atoms with Crippen molar-refractivity contribution in [1.82, 2.24) is 5.06 Å². The van der Waals surface area contributed by atoms with E-state index in [0.717, 1.165) is 0 Å². The van der Waals surface area contributed by atoms with Crippen molar-refractivity contribution in [3.05, 3.63) is 35.4 Å². The molecule has 1 aromatic rings. The number of carbonyl (C=O) groups is 3. The van der Waals surface area contributed by atoms with Gasteiger partial charge >= 0.3 is 5.97 Å². The van der Waals surface area contributed by atoms with Gasteiger partial charge in [-0.25, -0.2) is 4.79 Å². The minimum absolute atomic E-state index is 0.194. The van der Waals surface area contributed by atoms with Gasteiger partial charge in [0.05, 0.1) is 11.1 Å². The molecule has 1 aliphatic rings. The highest BCUT2D eigenvalue weighted by atomic mass is 16.7. The second-order valence-corrected chi connectivity index (χ2v) is 3.28. The van der Waals surface area contributed by atoms with Gasteiger partial charge in [-0.05, 0) is 12.1 Å². The van der Waals surface area contributed by atoms with Gasteiger partial charge in [0, 0.05) is 0 Å².